The summed E-state index contributed by atoms with van der Waals surface area (Å²) in [6.07, 6.45) is 0. The molecule has 0 bridgehead atoms. The summed E-state index contributed by atoms with van der Waals surface area (Å²) in [6, 6.07) is 22.2. The molecule has 156 valence electrons. The number of nitrogens with one attached hydrogen (secondary N) is 2. The zero-order valence-electron chi connectivity index (χ0n) is 17.3. The Labute approximate surface area is 180 Å². The molecule has 6 nitrogen and oxygen atoms in total. The van der Waals surface area contributed by atoms with Gasteiger partial charge in [-0.05, 0) is 48.9 Å². The van der Waals surface area contributed by atoms with E-state index in [1.165, 1.54) is 0 Å². The number of methoxy groups -OCH3 is 1. The minimum absolute atomic E-state index is 0.240. The van der Waals surface area contributed by atoms with Crippen molar-refractivity contribution in [3.05, 3.63) is 89.5 Å². The predicted molar refractivity (Wildman–Crippen MR) is 121 cm³/mol. The largest absolute Gasteiger partial charge is 0.497 e. The number of hydrogen-bond donors (Lipinski definition) is 2. The van der Waals surface area contributed by atoms with Crippen molar-refractivity contribution in [1.29, 1.82) is 0 Å². The third-order valence-electron chi connectivity index (χ3n) is 4.95. The SMILES string of the molecule is CCOC(=O)c1ccc2c(c1)NC(=O)/C2=C(/Nc1ccc(OC)cc1)c1ccccc1. The molecular weight excluding hydrogens is 392 g/mol. The van der Waals surface area contributed by atoms with Crippen molar-refractivity contribution in [2.45, 2.75) is 6.92 Å². The number of fused-ring (bicyclic) bond motifs is 1. The summed E-state index contributed by atoms with van der Waals surface area (Å²) in [5.41, 5.74) is 4.56. The first-order valence-corrected chi connectivity index (χ1v) is 9.94. The minimum Gasteiger partial charge on any atom is -0.497 e. The Morgan fingerprint density at radius 1 is 0.968 bits per heavy atom. The van der Waals surface area contributed by atoms with E-state index in [0.29, 0.717) is 22.5 Å². The molecule has 3 aromatic rings. The summed E-state index contributed by atoms with van der Waals surface area (Å²) in [7, 11) is 1.62. The van der Waals surface area contributed by atoms with Gasteiger partial charge in [0.2, 0.25) is 0 Å². The molecule has 1 amide bonds. The summed E-state index contributed by atoms with van der Waals surface area (Å²) in [5.74, 6) is 0.0856. The molecule has 1 heterocycles. The second kappa shape index (κ2) is 8.75. The van der Waals surface area contributed by atoms with E-state index in [1.54, 1.807) is 32.2 Å². The highest BCUT2D eigenvalue weighted by Gasteiger charge is 2.29. The van der Waals surface area contributed by atoms with Crippen molar-refractivity contribution in [2.75, 3.05) is 24.4 Å². The number of esters is 1. The molecule has 3 aromatic carbocycles. The summed E-state index contributed by atoms with van der Waals surface area (Å²) >= 11 is 0. The van der Waals surface area contributed by atoms with Gasteiger partial charge in [0, 0.05) is 11.3 Å². The summed E-state index contributed by atoms with van der Waals surface area (Å²) in [5, 5.41) is 6.26. The number of ether oxygens (including phenoxy) is 2. The molecule has 0 spiro atoms. The van der Waals surface area contributed by atoms with Crippen LogP contribution in [0.3, 0.4) is 0 Å². The normalized spacial score (nSPS) is 13.8. The maximum atomic E-state index is 13.0. The predicted octanol–water partition coefficient (Wildman–Crippen LogP) is 4.80. The number of amides is 1. The molecule has 4 rings (SSSR count). The average Bonchev–Trinajstić information content (AvgIpc) is 3.13. The van der Waals surface area contributed by atoms with Crippen molar-refractivity contribution in [3.8, 4) is 5.75 Å². The van der Waals surface area contributed by atoms with Crippen LogP contribution in [-0.4, -0.2) is 25.6 Å². The first-order chi connectivity index (χ1) is 15.1. The van der Waals surface area contributed by atoms with Gasteiger partial charge in [-0.1, -0.05) is 36.4 Å². The van der Waals surface area contributed by atoms with E-state index >= 15 is 0 Å². The monoisotopic (exact) mass is 414 g/mol. The number of hydrogen-bond acceptors (Lipinski definition) is 5. The van der Waals surface area contributed by atoms with Crippen LogP contribution in [0.2, 0.25) is 0 Å². The summed E-state index contributed by atoms with van der Waals surface area (Å²) in [4.78, 5) is 25.1. The molecule has 0 aromatic heterocycles. The van der Waals surface area contributed by atoms with Crippen molar-refractivity contribution in [2.24, 2.45) is 0 Å². The minimum atomic E-state index is -0.420. The Bertz CT molecular complexity index is 1150. The lowest BCUT2D eigenvalue weighted by Gasteiger charge is -2.15. The van der Waals surface area contributed by atoms with Crippen LogP contribution in [-0.2, 0) is 9.53 Å². The first kappa shape index (κ1) is 20.2. The van der Waals surface area contributed by atoms with E-state index in [1.807, 2.05) is 54.6 Å². The van der Waals surface area contributed by atoms with Crippen LogP contribution in [0, 0.1) is 0 Å². The summed E-state index contributed by atoms with van der Waals surface area (Å²) < 4.78 is 10.3. The van der Waals surface area contributed by atoms with E-state index < -0.39 is 5.97 Å². The molecule has 0 fully saturated rings. The van der Waals surface area contributed by atoms with E-state index in [4.69, 9.17) is 9.47 Å². The molecule has 6 heteroatoms. The zero-order valence-corrected chi connectivity index (χ0v) is 17.3. The standard InChI is InChI=1S/C25H22N2O4/c1-3-31-25(29)17-9-14-20-21(15-17)27-24(28)22(20)23(16-7-5-4-6-8-16)26-18-10-12-19(30-2)13-11-18/h4-15,26H,3H2,1-2H3,(H,27,28)/b23-22+. The number of carbonyl (C=O) groups excluding carboxylic acids is 2. The molecule has 0 unspecified atom stereocenters. The van der Waals surface area contributed by atoms with Crippen LogP contribution in [0.15, 0.2) is 72.8 Å². The van der Waals surface area contributed by atoms with Gasteiger partial charge in [-0.3, -0.25) is 4.79 Å². The van der Waals surface area contributed by atoms with Crippen LogP contribution in [0.1, 0.15) is 28.4 Å². The Kier molecular flexibility index (Phi) is 5.71. The zero-order chi connectivity index (χ0) is 21.8. The first-order valence-electron chi connectivity index (χ1n) is 9.94. The molecule has 2 N–H and O–H groups in total. The van der Waals surface area contributed by atoms with Crippen LogP contribution in [0.4, 0.5) is 11.4 Å². The van der Waals surface area contributed by atoms with E-state index in [9.17, 15) is 9.59 Å². The molecule has 31 heavy (non-hydrogen) atoms. The highest BCUT2D eigenvalue weighted by molar-refractivity contribution is 6.37. The fraction of sp³-hybridized carbons (Fsp3) is 0.120. The van der Waals surface area contributed by atoms with Gasteiger partial charge in [0.15, 0.2) is 0 Å². The van der Waals surface area contributed by atoms with Gasteiger partial charge in [-0.25, -0.2) is 4.79 Å². The lowest BCUT2D eigenvalue weighted by Crippen LogP contribution is -2.10. The smallest absolute Gasteiger partial charge is 0.338 e. The number of rotatable bonds is 6. The molecule has 0 saturated heterocycles. The van der Waals surface area contributed by atoms with Crippen molar-refractivity contribution >= 4 is 34.5 Å². The topological polar surface area (TPSA) is 76.7 Å². The lowest BCUT2D eigenvalue weighted by atomic mass is 9.99. The molecule has 1 aliphatic rings. The van der Waals surface area contributed by atoms with E-state index in [0.717, 1.165) is 22.6 Å². The Morgan fingerprint density at radius 3 is 2.39 bits per heavy atom. The molecule has 0 atom stereocenters. The van der Waals surface area contributed by atoms with Crippen LogP contribution in [0.25, 0.3) is 11.3 Å². The molecule has 0 radical (unpaired) electrons. The highest BCUT2D eigenvalue weighted by atomic mass is 16.5. The van der Waals surface area contributed by atoms with Gasteiger partial charge >= 0.3 is 5.97 Å². The van der Waals surface area contributed by atoms with E-state index in [-0.39, 0.29) is 12.5 Å². The Hall–Kier alpha value is -4.06. The lowest BCUT2D eigenvalue weighted by molar-refractivity contribution is -0.110. The third-order valence-corrected chi connectivity index (χ3v) is 4.95. The van der Waals surface area contributed by atoms with Gasteiger partial charge in [-0.15, -0.1) is 0 Å². The number of anilines is 2. The van der Waals surface area contributed by atoms with Gasteiger partial charge in [0.05, 0.1) is 36.2 Å². The second-order valence-electron chi connectivity index (χ2n) is 6.90. The number of benzene rings is 3. The summed E-state index contributed by atoms with van der Waals surface area (Å²) in [6.45, 7) is 2.04. The fourth-order valence-corrected chi connectivity index (χ4v) is 3.46. The van der Waals surface area contributed by atoms with Gasteiger partial charge in [0.1, 0.15) is 5.75 Å². The molecule has 0 saturated carbocycles. The van der Waals surface area contributed by atoms with Gasteiger partial charge in [0.25, 0.3) is 5.91 Å². The number of carbonyl (C=O) groups is 2. The maximum Gasteiger partial charge on any atom is 0.338 e. The van der Waals surface area contributed by atoms with E-state index in [2.05, 4.69) is 10.6 Å². The quantitative estimate of drug-likeness (QED) is 0.447. The Balaban J connectivity index is 1.81. The average molecular weight is 414 g/mol. The van der Waals surface area contributed by atoms with Crippen LogP contribution >= 0.6 is 0 Å². The third kappa shape index (κ3) is 4.14. The van der Waals surface area contributed by atoms with Crippen molar-refractivity contribution < 1.29 is 19.1 Å². The maximum absolute atomic E-state index is 13.0. The molecule has 0 aliphatic carbocycles. The highest BCUT2D eigenvalue weighted by Crippen LogP contribution is 2.38. The van der Waals surface area contributed by atoms with Crippen LogP contribution in [0.5, 0.6) is 5.75 Å². The van der Waals surface area contributed by atoms with Crippen molar-refractivity contribution in [1.82, 2.24) is 0 Å². The fourth-order valence-electron chi connectivity index (χ4n) is 3.46. The van der Waals surface area contributed by atoms with Gasteiger partial charge in [-0.2, -0.15) is 0 Å². The van der Waals surface area contributed by atoms with Crippen molar-refractivity contribution in [3.63, 3.8) is 0 Å². The second-order valence-corrected chi connectivity index (χ2v) is 6.90. The Morgan fingerprint density at radius 2 is 1.71 bits per heavy atom. The molecular formula is C25H22N2O4. The van der Waals surface area contributed by atoms with Gasteiger partial charge < -0.3 is 20.1 Å². The molecule has 1 aliphatic heterocycles. The van der Waals surface area contributed by atoms with Crippen LogP contribution < -0.4 is 15.4 Å².